The number of hydrogen-bond acceptors (Lipinski definition) is 2. The topological polar surface area (TPSA) is 55.1 Å². The third-order valence-corrected chi connectivity index (χ3v) is 2.74. The second-order valence-corrected chi connectivity index (χ2v) is 4.41. The molecule has 0 aromatic heterocycles. The van der Waals surface area contributed by atoms with Crippen molar-refractivity contribution in [1.29, 1.82) is 0 Å². The van der Waals surface area contributed by atoms with Gasteiger partial charge in [-0.1, -0.05) is 23.7 Å². The highest BCUT2D eigenvalue weighted by Crippen LogP contribution is 2.11. The number of nitrogens with two attached hydrogens (primary N) is 1. The van der Waals surface area contributed by atoms with Gasteiger partial charge in [0.25, 0.3) is 0 Å². The Bertz CT molecular complexity index is 338. The monoisotopic (exact) mass is 254 g/mol. The van der Waals surface area contributed by atoms with Gasteiger partial charge in [0.2, 0.25) is 5.91 Å². The zero-order valence-electron chi connectivity index (χ0n) is 9.92. The molecule has 0 heterocycles. The summed E-state index contributed by atoms with van der Waals surface area (Å²) in [5.41, 5.74) is 6.55. The molecule has 0 radical (unpaired) electrons. The normalized spacial score (nSPS) is 10.2. The van der Waals surface area contributed by atoms with Crippen molar-refractivity contribution < 1.29 is 4.79 Å². The molecule has 1 rings (SSSR count). The molecule has 0 spiro atoms. The number of hydrogen-bond donors (Lipinski definition) is 2. The molecule has 1 aromatic carbocycles. The van der Waals surface area contributed by atoms with Crippen molar-refractivity contribution in [2.75, 3.05) is 13.1 Å². The smallest absolute Gasteiger partial charge is 0.220 e. The SMILES string of the molecule is NCCCNC(=O)CCCc1ccc(Cl)cc1. The molecule has 0 saturated carbocycles. The molecule has 4 heteroatoms. The van der Waals surface area contributed by atoms with E-state index in [1.807, 2.05) is 24.3 Å². The van der Waals surface area contributed by atoms with Crippen molar-refractivity contribution in [3.05, 3.63) is 34.9 Å². The van der Waals surface area contributed by atoms with Gasteiger partial charge in [0, 0.05) is 18.0 Å². The van der Waals surface area contributed by atoms with Crippen LogP contribution in [0, 0.1) is 0 Å². The molecular formula is C13H19ClN2O. The van der Waals surface area contributed by atoms with Gasteiger partial charge in [-0.15, -0.1) is 0 Å². The molecule has 1 amide bonds. The van der Waals surface area contributed by atoms with Crippen LogP contribution in [0.15, 0.2) is 24.3 Å². The van der Waals surface area contributed by atoms with E-state index < -0.39 is 0 Å². The molecule has 1 aromatic rings. The Morgan fingerprint density at radius 1 is 1.24 bits per heavy atom. The molecular weight excluding hydrogens is 236 g/mol. The van der Waals surface area contributed by atoms with E-state index in [0.29, 0.717) is 19.5 Å². The van der Waals surface area contributed by atoms with Gasteiger partial charge in [0.15, 0.2) is 0 Å². The Labute approximate surface area is 107 Å². The second kappa shape index (κ2) is 8.09. The van der Waals surface area contributed by atoms with Crippen LogP contribution in [0.3, 0.4) is 0 Å². The molecule has 17 heavy (non-hydrogen) atoms. The summed E-state index contributed by atoms with van der Waals surface area (Å²) in [5, 5.41) is 3.58. The first-order valence-corrected chi connectivity index (χ1v) is 6.31. The van der Waals surface area contributed by atoms with Crippen LogP contribution in [0.1, 0.15) is 24.8 Å². The van der Waals surface area contributed by atoms with Crippen LogP contribution in [0.4, 0.5) is 0 Å². The van der Waals surface area contributed by atoms with E-state index in [4.69, 9.17) is 17.3 Å². The fourth-order valence-corrected chi connectivity index (χ4v) is 1.65. The number of halogens is 1. The van der Waals surface area contributed by atoms with Crippen molar-refractivity contribution in [2.45, 2.75) is 25.7 Å². The van der Waals surface area contributed by atoms with Crippen LogP contribution in [-0.2, 0) is 11.2 Å². The van der Waals surface area contributed by atoms with Gasteiger partial charge in [-0.2, -0.15) is 0 Å². The van der Waals surface area contributed by atoms with Crippen LogP contribution in [0.25, 0.3) is 0 Å². The highest BCUT2D eigenvalue weighted by atomic mass is 35.5. The number of rotatable bonds is 7. The van der Waals surface area contributed by atoms with Crippen molar-refractivity contribution >= 4 is 17.5 Å². The van der Waals surface area contributed by atoms with Crippen LogP contribution in [0.5, 0.6) is 0 Å². The van der Waals surface area contributed by atoms with Gasteiger partial charge in [-0.25, -0.2) is 0 Å². The zero-order chi connectivity index (χ0) is 12.5. The zero-order valence-corrected chi connectivity index (χ0v) is 10.7. The first-order valence-electron chi connectivity index (χ1n) is 5.93. The van der Waals surface area contributed by atoms with E-state index in [1.54, 1.807) is 0 Å². The molecule has 3 nitrogen and oxygen atoms in total. The lowest BCUT2D eigenvalue weighted by Gasteiger charge is -2.04. The van der Waals surface area contributed by atoms with Crippen molar-refractivity contribution in [3.8, 4) is 0 Å². The molecule has 0 bridgehead atoms. The molecule has 0 atom stereocenters. The number of benzene rings is 1. The van der Waals surface area contributed by atoms with Gasteiger partial charge in [0.05, 0.1) is 0 Å². The molecule has 0 saturated heterocycles. The number of carbonyl (C=O) groups excluding carboxylic acids is 1. The Kier molecular flexibility index (Phi) is 6.67. The maximum atomic E-state index is 11.4. The lowest BCUT2D eigenvalue weighted by molar-refractivity contribution is -0.121. The summed E-state index contributed by atoms with van der Waals surface area (Å²) in [7, 11) is 0. The summed E-state index contributed by atoms with van der Waals surface area (Å²) in [6.07, 6.45) is 3.16. The van der Waals surface area contributed by atoms with E-state index in [2.05, 4.69) is 5.32 Å². The molecule has 0 fully saturated rings. The lowest BCUT2D eigenvalue weighted by Crippen LogP contribution is -2.25. The van der Waals surface area contributed by atoms with Gasteiger partial charge in [-0.05, 0) is 43.5 Å². The Morgan fingerprint density at radius 3 is 2.59 bits per heavy atom. The Balaban J connectivity index is 2.14. The molecule has 3 N–H and O–H groups in total. The molecule has 0 aliphatic carbocycles. The summed E-state index contributed by atoms with van der Waals surface area (Å²) in [4.78, 5) is 11.4. The molecule has 0 aliphatic rings. The van der Waals surface area contributed by atoms with Gasteiger partial charge in [-0.3, -0.25) is 4.79 Å². The summed E-state index contributed by atoms with van der Waals surface area (Å²) in [5.74, 6) is 0.104. The summed E-state index contributed by atoms with van der Waals surface area (Å²) in [6, 6.07) is 7.74. The third kappa shape index (κ3) is 6.29. The Hall–Kier alpha value is -1.06. The predicted molar refractivity (Wildman–Crippen MR) is 71.1 cm³/mol. The number of nitrogens with one attached hydrogen (secondary N) is 1. The lowest BCUT2D eigenvalue weighted by atomic mass is 10.1. The summed E-state index contributed by atoms with van der Waals surface area (Å²) >= 11 is 5.79. The Morgan fingerprint density at radius 2 is 1.94 bits per heavy atom. The third-order valence-electron chi connectivity index (χ3n) is 2.49. The minimum Gasteiger partial charge on any atom is -0.356 e. The van der Waals surface area contributed by atoms with Crippen molar-refractivity contribution in [2.24, 2.45) is 5.73 Å². The number of amides is 1. The van der Waals surface area contributed by atoms with Crippen LogP contribution in [0.2, 0.25) is 5.02 Å². The molecule has 0 aliphatic heterocycles. The van der Waals surface area contributed by atoms with Crippen molar-refractivity contribution in [3.63, 3.8) is 0 Å². The molecule has 0 unspecified atom stereocenters. The van der Waals surface area contributed by atoms with E-state index in [1.165, 1.54) is 5.56 Å². The van der Waals surface area contributed by atoms with Crippen LogP contribution < -0.4 is 11.1 Å². The quantitative estimate of drug-likeness (QED) is 0.733. The maximum Gasteiger partial charge on any atom is 0.220 e. The second-order valence-electron chi connectivity index (χ2n) is 3.97. The summed E-state index contributed by atoms with van der Waals surface area (Å²) < 4.78 is 0. The summed E-state index contributed by atoms with van der Waals surface area (Å²) in [6.45, 7) is 1.29. The van der Waals surface area contributed by atoms with Crippen molar-refractivity contribution in [1.82, 2.24) is 5.32 Å². The first kappa shape index (κ1) is 14.0. The minimum absolute atomic E-state index is 0.104. The number of aryl methyl sites for hydroxylation is 1. The van der Waals surface area contributed by atoms with Crippen LogP contribution >= 0.6 is 11.6 Å². The molecule has 94 valence electrons. The van der Waals surface area contributed by atoms with E-state index >= 15 is 0 Å². The number of carbonyl (C=O) groups is 1. The van der Waals surface area contributed by atoms with Gasteiger partial charge < -0.3 is 11.1 Å². The van der Waals surface area contributed by atoms with Gasteiger partial charge in [0.1, 0.15) is 0 Å². The fraction of sp³-hybridized carbons (Fsp3) is 0.462. The average molecular weight is 255 g/mol. The first-order chi connectivity index (χ1) is 8.22. The fourth-order valence-electron chi connectivity index (χ4n) is 1.52. The van der Waals surface area contributed by atoms with E-state index in [0.717, 1.165) is 24.3 Å². The van der Waals surface area contributed by atoms with Gasteiger partial charge >= 0.3 is 0 Å². The highest BCUT2D eigenvalue weighted by molar-refractivity contribution is 6.30. The van der Waals surface area contributed by atoms with E-state index in [9.17, 15) is 4.79 Å². The predicted octanol–water partition coefficient (Wildman–Crippen LogP) is 2.13. The minimum atomic E-state index is 0.104. The maximum absolute atomic E-state index is 11.4. The largest absolute Gasteiger partial charge is 0.356 e. The standard InChI is InChI=1S/C13H19ClN2O/c14-12-7-5-11(6-8-12)3-1-4-13(17)16-10-2-9-15/h5-8H,1-4,9-10,15H2,(H,16,17). The van der Waals surface area contributed by atoms with E-state index in [-0.39, 0.29) is 5.91 Å². The highest BCUT2D eigenvalue weighted by Gasteiger charge is 2.00. The van der Waals surface area contributed by atoms with Crippen LogP contribution in [-0.4, -0.2) is 19.0 Å². The average Bonchev–Trinajstić information content (AvgIpc) is 2.32.